The Morgan fingerprint density at radius 2 is 1.95 bits per heavy atom. The molecule has 0 aliphatic rings. The van der Waals surface area contributed by atoms with Gasteiger partial charge in [0, 0.05) is 11.8 Å². The van der Waals surface area contributed by atoms with Crippen molar-refractivity contribution in [3.63, 3.8) is 0 Å². The van der Waals surface area contributed by atoms with Crippen molar-refractivity contribution in [2.24, 2.45) is 0 Å². The number of rotatable bonds is 1. The Labute approximate surface area is 111 Å². The molecule has 0 bridgehead atoms. The zero-order valence-corrected chi connectivity index (χ0v) is 10.5. The van der Waals surface area contributed by atoms with E-state index in [1.807, 2.05) is 0 Å². The van der Waals surface area contributed by atoms with Crippen LogP contribution in [-0.2, 0) is 6.18 Å². The third-order valence-corrected chi connectivity index (χ3v) is 2.75. The topological polar surface area (TPSA) is 34.9 Å². The zero-order chi connectivity index (χ0) is 14.2. The van der Waals surface area contributed by atoms with Crippen LogP contribution in [-0.4, -0.2) is 9.78 Å². The SMILES string of the molecule is Cc1cc(=O)c(Cl)nn1-c1cccc(C(F)(F)F)c1. The van der Waals surface area contributed by atoms with Gasteiger partial charge in [-0.3, -0.25) is 4.79 Å². The molecule has 0 radical (unpaired) electrons. The molecule has 1 heterocycles. The van der Waals surface area contributed by atoms with Crippen molar-refractivity contribution in [1.29, 1.82) is 0 Å². The number of hydrogen-bond acceptors (Lipinski definition) is 2. The van der Waals surface area contributed by atoms with Crippen molar-refractivity contribution < 1.29 is 13.2 Å². The van der Waals surface area contributed by atoms with Gasteiger partial charge in [-0.2, -0.15) is 18.3 Å². The Morgan fingerprint density at radius 1 is 1.26 bits per heavy atom. The summed E-state index contributed by atoms with van der Waals surface area (Å²) in [6.45, 7) is 1.56. The van der Waals surface area contributed by atoms with Gasteiger partial charge in [0.15, 0.2) is 5.15 Å². The maximum Gasteiger partial charge on any atom is 0.416 e. The highest BCUT2D eigenvalue weighted by atomic mass is 35.5. The number of hydrogen-bond donors (Lipinski definition) is 0. The number of benzene rings is 1. The van der Waals surface area contributed by atoms with Crippen LogP contribution in [0.1, 0.15) is 11.3 Å². The maximum absolute atomic E-state index is 12.6. The summed E-state index contributed by atoms with van der Waals surface area (Å²) in [7, 11) is 0. The van der Waals surface area contributed by atoms with Crippen molar-refractivity contribution in [3.05, 3.63) is 57.0 Å². The summed E-state index contributed by atoms with van der Waals surface area (Å²) < 4.78 is 39.1. The van der Waals surface area contributed by atoms with E-state index in [-0.39, 0.29) is 10.8 Å². The molecule has 2 rings (SSSR count). The molecule has 0 saturated carbocycles. The first kappa shape index (κ1) is 13.6. The monoisotopic (exact) mass is 288 g/mol. The maximum atomic E-state index is 12.6. The van der Waals surface area contributed by atoms with Gasteiger partial charge in [0.25, 0.3) is 0 Å². The largest absolute Gasteiger partial charge is 0.416 e. The first-order valence-electron chi connectivity index (χ1n) is 5.23. The molecule has 0 aliphatic heterocycles. The second kappa shape index (κ2) is 4.70. The van der Waals surface area contributed by atoms with Crippen molar-refractivity contribution in [3.8, 4) is 5.69 Å². The number of halogens is 4. The van der Waals surface area contributed by atoms with Crippen LogP contribution in [0.5, 0.6) is 0 Å². The van der Waals surface area contributed by atoms with Crippen LogP contribution in [0.15, 0.2) is 35.1 Å². The highest BCUT2D eigenvalue weighted by molar-refractivity contribution is 6.29. The number of alkyl halides is 3. The van der Waals surface area contributed by atoms with Crippen LogP contribution in [0.25, 0.3) is 5.69 Å². The van der Waals surface area contributed by atoms with Crippen molar-refractivity contribution >= 4 is 11.6 Å². The molecule has 0 unspecified atom stereocenters. The minimum absolute atomic E-state index is 0.189. The molecule has 19 heavy (non-hydrogen) atoms. The molecule has 0 saturated heterocycles. The van der Waals surface area contributed by atoms with Crippen LogP contribution in [0, 0.1) is 6.92 Å². The molecule has 3 nitrogen and oxygen atoms in total. The second-order valence-corrected chi connectivity index (χ2v) is 4.26. The molecule has 0 fully saturated rings. The summed E-state index contributed by atoms with van der Waals surface area (Å²) in [5, 5.41) is 3.48. The smallest absolute Gasteiger partial charge is 0.286 e. The lowest BCUT2D eigenvalue weighted by Crippen LogP contribution is -2.14. The predicted molar refractivity (Wildman–Crippen MR) is 64.6 cm³/mol. The Hall–Kier alpha value is -1.82. The Morgan fingerprint density at radius 3 is 2.58 bits per heavy atom. The zero-order valence-electron chi connectivity index (χ0n) is 9.70. The molecule has 0 N–H and O–H groups in total. The summed E-state index contributed by atoms with van der Waals surface area (Å²) in [5.41, 5.74) is -0.675. The summed E-state index contributed by atoms with van der Waals surface area (Å²) in [4.78, 5) is 11.3. The molecule has 0 amide bonds. The quantitative estimate of drug-likeness (QED) is 0.807. The molecule has 0 aliphatic carbocycles. The molecular weight excluding hydrogens is 281 g/mol. The van der Waals surface area contributed by atoms with Crippen molar-refractivity contribution in [1.82, 2.24) is 9.78 Å². The Kier molecular flexibility index (Phi) is 3.36. The van der Waals surface area contributed by atoms with Gasteiger partial charge < -0.3 is 0 Å². The van der Waals surface area contributed by atoms with E-state index in [1.165, 1.54) is 22.9 Å². The summed E-state index contributed by atoms with van der Waals surface area (Å²) in [6, 6.07) is 5.85. The van der Waals surface area contributed by atoms with Crippen LogP contribution in [0.3, 0.4) is 0 Å². The van der Waals surface area contributed by atoms with Gasteiger partial charge in [0.1, 0.15) is 0 Å². The van der Waals surface area contributed by atoms with Gasteiger partial charge in [-0.25, -0.2) is 4.68 Å². The second-order valence-electron chi connectivity index (χ2n) is 3.90. The van der Waals surface area contributed by atoms with Gasteiger partial charge in [0.05, 0.1) is 11.3 Å². The van der Waals surface area contributed by atoms with E-state index in [2.05, 4.69) is 5.10 Å². The molecule has 0 atom stereocenters. The van der Waals surface area contributed by atoms with E-state index < -0.39 is 17.2 Å². The molecule has 2 aromatic rings. The normalized spacial score (nSPS) is 11.6. The molecule has 1 aromatic carbocycles. The Balaban J connectivity index is 2.60. The summed E-state index contributed by atoms with van der Waals surface area (Å²) in [6.07, 6.45) is -4.44. The van der Waals surface area contributed by atoms with E-state index in [0.717, 1.165) is 12.1 Å². The third kappa shape index (κ3) is 2.78. The van der Waals surface area contributed by atoms with Gasteiger partial charge in [-0.05, 0) is 25.1 Å². The van der Waals surface area contributed by atoms with E-state index in [0.29, 0.717) is 5.69 Å². The highest BCUT2D eigenvalue weighted by Gasteiger charge is 2.30. The van der Waals surface area contributed by atoms with Crippen molar-refractivity contribution in [2.45, 2.75) is 13.1 Å². The van der Waals surface area contributed by atoms with E-state index >= 15 is 0 Å². The van der Waals surface area contributed by atoms with Crippen LogP contribution >= 0.6 is 11.6 Å². The molecular formula is C12H8ClF3N2O. The first-order chi connectivity index (χ1) is 8.79. The van der Waals surface area contributed by atoms with E-state index in [1.54, 1.807) is 6.92 Å². The molecule has 100 valence electrons. The Bertz CT molecular complexity index is 679. The van der Waals surface area contributed by atoms with Crippen LogP contribution < -0.4 is 5.43 Å². The lowest BCUT2D eigenvalue weighted by Gasteiger charge is -2.12. The fourth-order valence-electron chi connectivity index (χ4n) is 1.60. The predicted octanol–water partition coefficient (Wildman–Crippen LogP) is 3.21. The lowest BCUT2D eigenvalue weighted by atomic mass is 10.2. The van der Waals surface area contributed by atoms with Gasteiger partial charge >= 0.3 is 6.18 Å². The first-order valence-corrected chi connectivity index (χ1v) is 5.61. The molecule has 7 heteroatoms. The standard InChI is InChI=1S/C12H8ClF3N2O/c1-7-5-10(19)11(13)17-18(7)9-4-2-3-8(6-9)12(14,15)16/h2-6H,1H3. The summed E-state index contributed by atoms with van der Waals surface area (Å²) >= 11 is 5.60. The summed E-state index contributed by atoms with van der Waals surface area (Å²) in [5.74, 6) is 0. The van der Waals surface area contributed by atoms with Crippen LogP contribution in [0.4, 0.5) is 13.2 Å². The molecule has 0 spiro atoms. The third-order valence-electron chi connectivity index (χ3n) is 2.48. The number of aryl methyl sites for hydroxylation is 1. The van der Waals surface area contributed by atoms with Gasteiger partial charge in [-0.1, -0.05) is 17.7 Å². The van der Waals surface area contributed by atoms with Gasteiger partial charge in [-0.15, -0.1) is 0 Å². The number of aromatic nitrogens is 2. The lowest BCUT2D eigenvalue weighted by molar-refractivity contribution is -0.137. The van der Waals surface area contributed by atoms with E-state index in [4.69, 9.17) is 11.6 Å². The number of nitrogens with zero attached hydrogens (tertiary/aromatic N) is 2. The fraction of sp³-hybridized carbons (Fsp3) is 0.167. The minimum atomic E-state index is -4.44. The van der Waals surface area contributed by atoms with Gasteiger partial charge in [0.2, 0.25) is 5.43 Å². The fourth-order valence-corrected chi connectivity index (χ4v) is 1.73. The van der Waals surface area contributed by atoms with Crippen LogP contribution in [0.2, 0.25) is 5.15 Å². The molecule has 1 aromatic heterocycles. The highest BCUT2D eigenvalue weighted by Crippen LogP contribution is 2.30. The minimum Gasteiger partial charge on any atom is -0.286 e. The van der Waals surface area contributed by atoms with Crippen molar-refractivity contribution in [2.75, 3.05) is 0 Å². The average Bonchev–Trinajstić information content (AvgIpc) is 2.33. The average molecular weight is 289 g/mol. The van der Waals surface area contributed by atoms with E-state index in [9.17, 15) is 18.0 Å².